The molecule has 0 saturated heterocycles. The van der Waals surface area contributed by atoms with Gasteiger partial charge in [0.25, 0.3) is 10.0 Å². The summed E-state index contributed by atoms with van der Waals surface area (Å²) in [5, 5.41) is -0.0557. The highest BCUT2D eigenvalue weighted by atomic mass is 32.2. The van der Waals surface area contributed by atoms with E-state index >= 15 is 0 Å². The van der Waals surface area contributed by atoms with E-state index in [0.717, 1.165) is 5.56 Å². The van der Waals surface area contributed by atoms with Crippen molar-refractivity contribution in [2.24, 2.45) is 0 Å². The maximum absolute atomic E-state index is 12.3. The Labute approximate surface area is 120 Å². The molecule has 0 saturated carbocycles. The molecule has 20 heavy (non-hydrogen) atoms. The number of furan rings is 1. The number of hydrogen-bond acceptors (Lipinski definition) is 3. The summed E-state index contributed by atoms with van der Waals surface area (Å²) < 4.78 is 30.8. The molecule has 0 bridgehead atoms. The van der Waals surface area contributed by atoms with E-state index in [1.165, 1.54) is 23.7 Å². The first-order chi connectivity index (χ1) is 9.23. The van der Waals surface area contributed by atoms with Gasteiger partial charge >= 0.3 is 0 Å². The van der Waals surface area contributed by atoms with Crippen LogP contribution in [0.15, 0.2) is 52.2 Å². The van der Waals surface area contributed by atoms with E-state index in [9.17, 15) is 8.42 Å². The number of rotatable bonds is 3. The number of nitrogens with zero attached hydrogens (tertiary/aromatic N) is 1. The van der Waals surface area contributed by atoms with E-state index < -0.39 is 10.0 Å². The number of hydrogen-bond donors (Lipinski definition) is 0. The summed E-state index contributed by atoms with van der Waals surface area (Å²) in [5.41, 5.74) is 1.80. The second-order valence-electron chi connectivity index (χ2n) is 5.70. The van der Waals surface area contributed by atoms with Crippen LogP contribution in [0.3, 0.4) is 0 Å². The fourth-order valence-corrected chi connectivity index (χ4v) is 2.95. The highest BCUT2D eigenvalue weighted by Crippen LogP contribution is 2.27. The lowest BCUT2D eigenvalue weighted by Gasteiger charge is -2.22. The van der Waals surface area contributed by atoms with Crippen molar-refractivity contribution >= 4 is 15.7 Å². The lowest BCUT2D eigenvalue weighted by Crippen LogP contribution is -2.26. The number of benzene rings is 1. The molecule has 0 spiro atoms. The Morgan fingerprint density at radius 3 is 2.10 bits per heavy atom. The first kappa shape index (κ1) is 14.7. The molecule has 1 aromatic carbocycles. The van der Waals surface area contributed by atoms with Crippen LogP contribution in [0.1, 0.15) is 26.3 Å². The topological polar surface area (TPSA) is 50.5 Å². The number of sulfonamides is 1. The maximum Gasteiger partial charge on any atom is 0.297 e. The lowest BCUT2D eigenvalue weighted by atomic mass is 9.87. The smallest absolute Gasteiger partial charge is 0.297 e. The molecule has 0 unspecified atom stereocenters. The van der Waals surface area contributed by atoms with Gasteiger partial charge in [-0.3, -0.25) is 4.31 Å². The van der Waals surface area contributed by atoms with E-state index in [-0.39, 0.29) is 10.5 Å². The van der Waals surface area contributed by atoms with Gasteiger partial charge in [0.15, 0.2) is 0 Å². The first-order valence-electron chi connectivity index (χ1n) is 6.36. The van der Waals surface area contributed by atoms with Crippen LogP contribution in [0, 0.1) is 0 Å². The Morgan fingerprint density at radius 2 is 1.65 bits per heavy atom. The van der Waals surface area contributed by atoms with Crippen LogP contribution in [0.25, 0.3) is 0 Å². The molecule has 108 valence electrons. The molecular weight excluding hydrogens is 274 g/mol. The van der Waals surface area contributed by atoms with Gasteiger partial charge in [-0.05, 0) is 35.2 Å². The second kappa shape index (κ2) is 4.98. The summed E-state index contributed by atoms with van der Waals surface area (Å²) >= 11 is 0. The van der Waals surface area contributed by atoms with Crippen molar-refractivity contribution < 1.29 is 12.8 Å². The Hall–Kier alpha value is -1.75. The molecule has 4 nitrogen and oxygen atoms in total. The minimum Gasteiger partial charge on any atom is -0.451 e. The van der Waals surface area contributed by atoms with Crippen molar-refractivity contribution in [1.82, 2.24) is 0 Å². The van der Waals surface area contributed by atoms with Gasteiger partial charge in [-0.1, -0.05) is 32.9 Å². The monoisotopic (exact) mass is 293 g/mol. The summed E-state index contributed by atoms with van der Waals surface area (Å²) in [7, 11) is -2.11. The molecule has 0 aliphatic carbocycles. The van der Waals surface area contributed by atoms with Crippen molar-refractivity contribution in [2.45, 2.75) is 31.3 Å². The van der Waals surface area contributed by atoms with Crippen molar-refractivity contribution in [3.8, 4) is 0 Å². The van der Waals surface area contributed by atoms with Gasteiger partial charge in [0, 0.05) is 7.05 Å². The van der Waals surface area contributed by atoms with E-state index in [2.05, 4.69) is 20.8 Å². The normalized spacial score (nSPS) is 12.4. The largest absolute Gasteiger partial charge is 0.451 e. The van der Waals surface area contributed by atoms with Gasteiger partial charge in [-0.25, -0.2) is 0 Å². The number of anilines is 1. The van der Waals surface area contributed by atoms with Crippen LogP contribution in [0.5, 0.6) is 0 Å². The SMILES string of the molecule is CN(c1ccc(C(C)(C)C)cc1)S(=O)(=O)c1ccco1. The lowest BCUT2D eigenvalue weighted by molar-refractivity contribution is 0.449. The molecule has 0 fully saturated rings. The van der Waals surface area contributed by atoms with Gasteiger partial charge in [0.2, 0.25) is 5.09 Å². The molecule has 5 heteroatoms. The average molecular weight is 293 g/mol. The van der Waals surface area contributed by atoms with Crippen LogP contribution in [0.4, 0.5) is 5.69 Å². The molecular formula is C15H19NO3S. The van der Waals surface area contributed by atoms with Crippen LogP contribution >= 0.6 is 0 Å². The summed E-state index contributed by atoms with van der Waals surface area (Å²) in [6, 6.07) is 10.5. The first-order valence-corrected chi connectivity index (χ1v) is 7.80. The third kappa shape index (κ3) is 2.72. The zero-order chi connectivity index (χ0) is 15.0. The van der Waals surface area contributed by atoms with Gasteiger partial charge in [0.05, 0.1) is 12.0 Å². The van der Waals surface area contributed by atoms with Crippen molar-refractivity contribution in [1.29, 1.82) is 0 Å². The van der Waals surface area contributed by atoms with E-state index in [0.29, 0.717) is 5.69 Å². The molecule has 0 N–H and O–H groups in total. The van der Waals surface area contributed by atoms with Gasteiger partial charge in [0.1, 0.15) is 0 Å². The summed E-state index contributed by atoms with van der Waals surface area (Å²) in [6.07, 6.45) is 1.35. The maximum atomic E-state index is 12.3. The molecule has 0 amide bonds. The van der Waals surface area contributed by atoms with E-state index in [1.54, 1.807) is 18.2 Å². The third-order valence-corrected chi connectivity index (χ3v) is 4.88. The zero-order valence-corrected chi connectivity index (χ0v) is 12.9. The zero-order valence-electron chi connectivity index (χ0n) is 12.1. The molecule has 0 radical (unpaired) electrons. The van der Waals surface area contributed by atoms with Crippen molar-refractivity contribution in [3.63, 3.8) is 0 Å². The Morgan fingerprint density at radius 1 is 1.05 bits per heavy atom. The quantitative estimate of drug-likeness (QED) is 0.871. The summed E-state index contributed by atoms with van der Waals surface area (Å²) in [6.45, 7) is 6.35. The molecule has 1 heterocycles. The van der Waals surface area contributed by atoms with Crippen molar-refractivity contribution in [3.05, 3.63) is 48.2 Å². The fraction of sp³-hybridized carbons (Fsp3) is 0.333. The Balaban J connectivity index is 2.33. The standard InChI is InChI=1S/C15H19NO3S/c1-15(2,3)12-7-9-13(10-8-12)16(4)20(17,18)14-6-5-11-19-14/h5-11H,1-4H3. The van der Waals surface area contributed by atoms with Gasteiger partial charge in [-0.2, -0.15) is 8.42 Å². The van der Waals surface area contributed by atoms with Crippen LogP contribution in [-0.2, 0) is 15.4 Å². The second-order valence-corrected chi connectivity index (χ2v) is 7.60. The van der Waals surface area contributed by atoms with Crippen LogP contribution < -0.4 is 4.31 Å². The van der Waals surface area contributed by atoms with E-state index in [1.807, 2.05) is 12.1 Å². The Kier molecular flexibility index (Phi) is 3.65. The summed E-state index contributed by atoms with van der Waals surface area (Å²) in [5.74, 6) is 0. The highest BCUT2D eigenvalue weighted by Gasteiger charge is 2.24. The molecule has 0 aliphatic rings. The van der Waals surface area contributed by atoms with Crippen LogP contribution in [-0.4, -0.2) is 15.5 Å². The molecule has 0 atom stereocenters. The average Bonchev–Trinajstić information content (AvgIpc) is 2.91. The molecule has 0 aliphatic heterocycles. The highest BCUT2D eigenvalue weighted by molar-refractivity contribution is 7.92. The molecule has 1 aromatic heterocycles. The van der Waals surface area contributed by atoms with Crippen LogP contribution in [0.2, 0.25) is 0 Å². The Bertz CT molecular complexity index is 665. The predicted octanol–water partition coefficient (Wildman–Crippen LogP) is 3.40. The molecule has 2 aromatic rings. The van der Waals surface area contributed by atoms with Crippen molar-refractivity contribution in [2.75, 3.05) is 11.4 Å². The van der Waals surface area contributed by atoms with E-state index in [4.69, 9.17) is 4.42 Å². The third-order valence-electron chi connectivity index (χ3n) is 3.21. The van der Waals surface area contributed by atoms with Gasteiger partial charge < -0.3 is 4.42 Å². The predicted molar refractivity (Wildman–Crippen MR) is 79.4 cm³/mol. The summed E-state index contributed by atoms with van der Waals surface area (Å²) in [4.78, 5) is 0. The fourth-order valence-electron chi connectivity index (χ4n) is 1.86. The van der Waals surface area contributed by atoms with Gasteiger partial charge in [-0.15, -0.1) is 0 Å². The molecule has 2 rings (SSSR count). The minimum atomic E-state index is -3.63. The minimum absolute atomic E-state index is 0.0387.